The molecule has 1 aliphatic rings. The van der Waals surface area contributed by atoms with Crippen molar-refractivity contribution in [3.05, 3.63) is 104 Å². The maximum atomic E-state index is 13.5. The first-order valence-electron chi connectivity index (χ1n) is 10.4. The molecule has 0 unspecified atom stereocenters. The molecular formula is C24H16FN3O8. The Morgan fingerprint density at radius 2 is 1.78 bits per heavy atom. The topological polar surface area (TPSA) is 143 Å². The quantitative estimate of drug-likeness (QED) is 0.181. The van der Waals surface area contributed by atoms with E-state index >= 15 is 0 Å². The van der Waals surface area contributed by atoms with Gasteiger partial charge in [0, 0.05) is 11.6 Å². The van der Waals surface area contributed by atoms with Crippen molar-refractivity contribution in [1.82, 2.24) is 0 Å². The van der Waals surface area contributed by atoms with E-state index in [1.807, 2.05) is 0 Å². The monoisotopic (exact) mass is 493 g/mol. The van der Waals surface area contributed by atoms with E-state index in [1.54, 1.807) is 19.1 Å². The molecule has 12 heteroatoms. The average molecular weight is 493 g/mol. The van der Waals surface area contributed by atoms with Gasteiger partial charge in [-0.05, 0) is 55.0 Å². The van der Waals surface area contributed by atoms with Gasteiger partial charge in [0.05, 0.1) is 22.5 Å². The molecule has 36 heavy (non-hydrogen) atoms. The molecule has 1 heterocycles. The summed E-state index contributed by atoms with van der Waals surface area (Å²) in [7, 11) is 0. The lowest BCUT2D eigenvalue weighted by molar-refractivity contribution is -0.394. The second-order valence-corrected chi connectivity index (χ2v) is 7.25. The third-order valence-electron chi connectivity index (χ3n) is 4.83. The van der Waals surface area contributed by atoms with E-state index in [-0.39, 0.29) is 35.5 Å². The van der Waals surface area contributed by atoms with Gasteiger partial charge in [0.1, 0.15) is 5.82 Å². The van der Waals surface area contributed by atoms with Crippen LogP contribution in [0.5, 0.6) is 17.2 Å². The van der Waals surface area contributed by atoms with Gasteiger partial charge in [-0.1, -0.05) is 12.1 Å². The molecule has 0 radical (unpaired) electrons. The lowest BCUT2D eigenvalue weighted by Crippen LogP contribution is -2.05. The van der Waals surface area contributed by atoms with E-state index in [2.05, 4.69) is 4.99 Å². The van der Waals surface area contributed by atoms with Gasteiger partial charge in [0.15, 0.2) is 17.2 Å². The largest absolute Gasteiger partial charge is 0.490 e. The second-order valence-electron chi connectivity index (χ2n) is 7.25. The molecule has 11 nitrogen and oxygen atoms in total. The summed E-state index contributed by atoms with van der Waals surface area (Å²) in [6, 6.07) is 13.0. The first kappa shape index (κ1) is 24.0. The van der Waals surface area contributed by atoms with Crippen LogP contribution in [-0.4, -0.2) is 28.3 Å². The molecule has 3 aromatic rings. The van der Waals surface area contributed by atoms with E-state index in [9.17, 15) is 29.4 Å². The van der Waals surface area contributed by atoms with Gasteiger partial charge in [-0.15, -0.1) is 0 Å². The number of non-ortho nitro benzene ring substituents is 1. The summed E-state index contributed by atoms with van der Waals surface area (Å²) in [5.74, 6) is -1.19. The number of cyclic esters (lactones) is 1. The van der Waals surface area contributed by atoms with E-state index in [1.165, 1.54) is 36.4 Å². The molecular weight excluding hydrogens is 477 g/mol. The van der Waals surface area contributed by atoms with Crippen LogP contribution in [0, 0.1) is 26.0 Å². The molecule has 0 saturated carbocycles. The summed E-state index contributed by atoms with van der Waals surface area (Å²) < 4.78 is 29.9. The molecule has 0 aliphatic carbocycles. The van der Waals surface area contributed by atoms with E-state index in [4.69, 9.17) is 14.2 Å². The number of halogens is 1. The second kappa shape index (κ2) is 10.0. The Hall–Kier alpha value is -5.13. The Kier molecular flexibility index (Phi) is 6.68. The normalized spacial score (nSPS) is 13.8. The highest BCUT2D eigenvalue weighted by Gasteiger charge is 2.25. The zero-order chi connectivity index (χ0) is 25.8. The van der Waals surface area contributed by atoms with Crippen molar-refractivity contribution in [2.45, 2.75) is 6.92 Å². The maximum absolute atomic E-state index is 13.5. The van der Waals surface area contributed by atoms with Crippen molar-refractivity contribution in [2.75, 3.05) is 6.61 Å². The highest BCUT2D eigenvalue weighted by molar-refractivity contribution is 6.12. The minimum absolute atomic E-state index is 0.0311. The van der Waals surface area contributed by atoms with Crippen LogP contribution in [0.25, 0.3) is 6.08 Å². The number of aliphatic imine (C=N–C) groups is 1. The van der Waals surface area contributed by atoms with Gasteiger partial charge < -0.3 is 14.2 Å². The lowest BCUT2D eigenvalue weighted by Gasteiger charge is -2.12. The van der Waals surface area contributed by atoms with E-state index in [0.717, 1.165) is 18.2 Å². The predicted octanol–water partition coefficient (Wildman–Crippen LogP) is 5.18. The molecule has 1 aliphatic heterocycles. The first-order valence-corrected chi connectivity index (χ1v) is 10.4. The van der Waals surface area contributed by atoms with Crippen LogP contribution in [0.15, 0.2) is 71.4 Å². The number of ether oxygens (including phenoxy) is 3. The smallest absolute Gasteiger partial charge is 0.363 e. The zero-order valence-electron chi connectivity index (χ0n) is 18.5. The number of nitro groups is 2. The van der Waals surface area contributed by atoms with Crippen LogP contribution >= 0.6 is 0 Å². The fraction of sp³-hybridized carbons (Fsp3) is 0.0833. The summed E-state index contributed by atoms with van der Waals surface area (Å²) >= 11 is 0. The maximum Gasteiger partial charge on any atom is 0.363 e. The molecule has 0 bridgehead atoms. The van der Waals surface area contributed by atoms with Crippen molar-refractivity contribution in [3.8, 4) is 17.2 Å². The number of nitro benzene ring substituents is 2. The van der Waals surface area contributed by atoms with E-state index in [0.29, 0.717) is 11.1 Å². The van der Waals surface area contributed by atoms with Crippen LogP contribution < -0.4 is 9.47 Å². The van der Waals surface area contributed by atoms with Gasteiger partial charge in [0.2, 0.25) is 11.6 Å². The van der Waals surface area contributed by atoms with Crippen LogP contribution in [0.4, 0.5) is 15.8 Å². The predicted molar refractivity (Wildman–Crippen MR) is 124 cm³/mol. The Bertz CT molecular complexity index is 1450. The molecule has 4 rings (SSSR count). The first-order chi connectivity index (χ1) is 17.2. The number of carbonyl (C=O) groups excluding carboxylic acids is 1. The molecule has 0 N–H and O–H groups in total. The summed E-state index contributed by atoms with van der Waals surface area (Å²) in [6.07, 6.45) is 1.43. The van der Waals surface area contributed by atoms with E-state index < -0.39 is 33.0 Å². The highest BCUT2D eigenvalue weighted by atomic mass is 19.1. The minimum atomic E-state index is -0.790. The van der Waals surface area contributed by atoms with Gasteiger partial charge >= 0.3 is 11.7 Å². The minimum Gasteiger partial charge on any atom is -0.490 e. The van der Waals surface area contributed by atoms with Crippen molar-refractivity contribution in [3.63, 3.8) is 0 Å². The van der Waals surface area contributed by atoms with Gasteiger partial charge in [-0.2, -0.15) is 0 Å². The van der Waals surface area contributed by atoms with Gasteiger partial charge in [-0.25, -0.2) is 14.2 Å². The number of carbonyl (C=O) groups is 1. The Labute approximate surface area is 202 Å². The Morgan fingerprint density at radius 1 is 1.00 bits per heavy atom. The van der Waals surface area contributed by atoms with Crippen LogP contribution in [0.3, 0.4) is 0 Å². The summed E-state index contributed by atoms with van der Waals surface area (Å²) in [4.78, 5) is 37.2. The standard InChI is InChI=1S/C24H16FN3O8/c1-2-34-22-11-14(10-18-24(29)36-23(26-18)15-4-3-5-16(25)12-15)6-8-21(22)35-20-9-7-17(27(30)31)13-19(20)28(32)33/h3-13H,2H2,1H3/b18-10-. The number of hydrogen-bond donors (Lipinski definition) is 0. The van der Waals surface area contributed by atoms with Gasteiger partial charge in [0.25, 0.3) is 5.69 Å². The number of nitrogens with zero attached hydrogens (tertiary/aromatic N) is 3. The molecule has 0 amide bonds. The number of esters is 1. The molecule has 3 aromatic carbocycles. The van der Waals surface area contributed by atoms with Crippen molar-refractivity contribution in [2.24, 2.45) is 4.99 Å². The van der Waals surface area contributed by atoms with Crippen molar-refractivity contribution in [1.29, 1.82) is 0 Å². The molecule has 0 atom stereocenters. The molecule has 0 aromatic heterocycles. The number of rotatable bonds is 8. The molecule has 0 saturated heterocycles. The summed E-state index contributed by atoms with van der Waals surface area (Å²) in [5.41, 5.74) is -0.305. The van der Waals surface area contributed by atoms with Crippen molar-refractivity contribution >= 4 is 29.3 Å². The Morgan fingerprint density at radius 3 is 2.47 bits per heavy atom. The summed E-state index contributed by atoms with van der Waals surface area (Å²) in [6.45, 7) is 1.94. The molecule has 0 spiro atoms. The fourth-order valence-electron chi connectivity index (χ4n) is 3.25. The van der Waals surface area contributed by atoms with Crippen molar-refractivity contribution < 1.29 is 33.2 Å². The lowest BCUT2D eigenvalue weighted by atomic mass is 10.1. The van der Waals surface area contributed by atoms with Gasteiger partial charge in [-0.3, -0.25) is 20.2 Å². The number of benzene rings is 3. The third-order valence-corrected chi connectivity index (χ3v) is 4.83. The SMILES string of the molecule is CCOc1cc(/C=C2\N=C(c3cccc(F)c3)OC2=O)ccc1Oc1ccc([N+](=O)[O-])cc1[N+](=O)[O-]. The molecule has 0 fully saturated rings. The van der Waals surface area contributed by atoms with Crippen LogP contribution in [0.2, 0.25) is 0 Å². The molecule has 182 valence electrons. The number of hydrogen-bond acceptors (Lipinski definition) is 9. The highest BCUT2D eigenvalue weighted by Crippen LogP contribution is 2.39. The van der Waals surface area contributed by atoms with Crippen LogP contribution in [0.1, 0.15) is 18.1 Å². The summed E-state index contributed by atoms with van der Waals surface area (Å²) in [5, 5.41) is 22.4. The fourth-order valence-corrected chi connectivity index (χ4v) is 3.25. The Balaban J connectivity index is 1.65. The zero-order valence-corrected chi connectivity index (χ0v) is 18.5. The average Bonchev–Trinajstić information content (AvgIpc) is 3.21. The third kappa shape index (κ3) is 5.17. The van der Waals surface area contributed by atoms with Crippen LogP contribution in [-0.2, 0) is 9.53 Å².